The van der Waals surface area contributed by atoms with Crippen molar-refractivity contribution < 1.29 is 4.74 Å². The van der Waals surface area contributed by atoms with Gasteiger partial charge in [0.15, 0.2) is 0 Å². The average molecular weight is 333 g/mol. The van der Waals surface area contributed by atoms with Gasteiger partial charge in [0, 0.05) is 36.1 Å². The maximum atomic E-state index is 6.05. The van der Waals surface area contributed by atoms with Crippen LogP contribution >= 0.6 is 15.9 Å². The summed E-state index contributed by atoms with van der Waals surface area (Å²) < 4.78 is 7.00. The molecule has 1 N–H and O–H groups in total. The molecule has 0 spiro atoms. The predicted molar refractivity (Wildman–Crippen MR) is 83.1 cm³/mol. The smallest absolute Gasteiger partial charge is 0.141 e. The number of para-hydroxylation sites is 1. The Morgan fingerprint density at radius 1 is 1.30 bits per heavy atom. The quantitative estimate of drug-likeness (QED) is 0.891. The molecule has 1 fully saturated rings. The zero-order valence-corrected chi connectivity index (χ0v) is 13.0. The van der Waals surface area contributed by atoms with Crippen LogP contribution in [0.2, 0.25) is 0 Å². The third-order valence-electron chi connectivity index (χ3n) is 3.30. The number of aryl methyl sites for hydroxylation is 1. The molecule has 3 nitrogen and oxygen atoms in total. The molecule has 3 rings (SSSR count). The molecule has 0 bridgehead atoms. The number of hydrogen-bond acceptors (Lipinski definition) is 3. The van der Waals surface area contributed by atoms with E-state index in [9.17, 15) is 0 Å². The first kappa shape index (κ1) is 13.6. The van der Waals surface area contributed by atoms with E-state index in [4.69, 9.17) is 4.74 Å². The minimum Gasteiger partial charge on any atom is -0.456 e. The standard InChI is InChI=1S/C16H17BrN2O/c1-11-8-16(20-15-5-3-2-4-14(15)17)12(9-18-11)10-19-13-6-7-13/h2-5,8-9,13,19H,6-7,10H2,1H3. The fourth-order valence-electron chi connectivity index (χ4n) is 1.98. The summed E-state index contributed by atoms with van der Waals surface area (Å²) >= 11 is 3.51. The summed E-state index contributed by atoms with van der Waals surface area (Å²) in [7, 11) is 0. The van der Waals surface area contributed by atoms with Crippen LogP contribution in [0.1, 0.15) is 24.1 Å². The zero-order valence-electron chi connectivity index (χ0n) is 11.4. The van der Waals surface area contributed by atoms with E-state index in [1.54, 1.807) is 0 Å². The Labute approximate surface area is 127 Å². The Balaban J connectivity index is 1.82. The van der Waals surface area contributed by atoms with Crippen molar-refractivity contribution in [1.29, 1.82) is 0 Å². The Morgan fingerprint density at radius 3 is 2.85 bits per heavy atom. The largest absolute Gasteiger partial charge is 0.456 e. The molecule has 0 unspecified atom stereocenters. The highest BCUT2D eigenvalue weighted by Crippen LogP contribution is 2.31. The van der Waals surface area contributed by atoms with E-state index < -0.39 is 0 Å². The van der Waals surface area contributed by atoms with Crippen molar-refractivity contribution in [2.45, 2.75) is 32.4 Å². The van der Waals surface area contributed by atoms with Crippen molar-refractivity contribution in [2.75, 3.05) is 0 Å². The van der Waals surface area contributed by atoms with Gasteiger partial charge in [0.05, 0.1) is 4.47 Å². The highest BCUT2D eigenvalue weighted by molar-refractivity contribution is 9.10. The van der Waals surface area contributed by atoms with E-state index in [1.165, 1.54) is 12.8 Å². The van der Waals surface area contributed by atoms with E-state index in [2.05, 4.69) is 26.2 Å². The number of halogens is 1. The van der Waals surface area contributed by atoms with Gasteiger partial charge in [0.1, 0.15) is 11.5 Å². The molecule has 104 valence electrons. The Kier molecular flexibility index (Phi) is 4.03. The molecule has 4 heteroatoms. The second-order valence-corrected chi connectivity index (χ2v) is 5.98. The van der Waals surface area contributed by atoms with Gasteiger partial charge in [0.2, 0.25) is 0 Å². The summed E-state index contributed by atoms with van der Waals surface area (Å²) in [5, 5.41) is 3.50. The fourth-order valence-corrected chi connectivity index (χ4v) is 2.34. The topological polar surface area (TPSA) is 34.1 Å². The highest BCUT2D eigenvalue weighted by atomic mass is 79.9. The third-order valence-corrected chi connectivity index (χ3v) is 3.95. The molecular formula is C16H17BrN2O. The SMILES string of the molecule is Cc1cc(Oc2ccccc2Br)c(CNC2CC2)cn1. The fraction of sp³-hybridized carbons (Fsp3) is 0.312. The van der Waals surface area contributed by atoms with Gasteiger partial charge >= 0.3 is 0 Å². The molecule has 0 atom stereocenters. The van der Waals surface area contributed by atoms with E-state index in [-0.39, 0.29) is 0 Å². The van der Waals surface area contributed by atoms with E-state index in [0.717, 1.165) is 33.8 Å². The number of ether oxygens (including phenoxy) is 1. The summed E-state index contributed by atoms with van der Waals surface area (Å²) in [6, 6.07) is 10.5. The summed E-state index contributed by atoms with van der Waals surface area (Å²) in [5.74, 6) is 1.70. The number of benzene rings is 1. The molecular weight excluding hydrogens is 316 g/mol. The minimum absolute atomic E-state index is 0.674. The van der Waals surface area contributed by atoms with Gasteiger partial charge in [-0.25, -0.2) is 0 Å². The van der Waals surface area contributed by atoms with Gasteiger partial charge in [-0.15, -0.1) is 0 Å². The van der Waals surface area contributed by atoms with Crippen LogP contribution in [0.15, 0.2) is 41.0 Å². The van der Waals surface area contributed by atoms with Gasteiger partial charge in [0.25, 0.3) is 0 Å². The number of nitrogens with one attached hydrogen (secondary N) is 1. The summed E-state index contributed by atoms with van der Waals surface area (Å²) in [4.78, 5) is 4.37. The second-order valence-electron chi connectivity index (χ2n) is 5.12. The normalized spacial score (nSPS) is 14.3. The first-order valence-corrected chi connectivity index (χ1v) is 7.63. The van der Waals surface area contributed by atoms with Gasteiger partial charge in [-0.05, 0) is 47.8 Å². The maximum absolute atomic E-state index is 6.05. The predicted octanol–water partition coefficient (Wildman–Crippen LogP) is 4.20. The van der Waals surface area contributed by atoms with Gasteiger partial charge in [-0.1, -0.05) is 12.1 Å². The lowest BCUT2D eigenvalue weighted by Crippen LogP contribution is -2.16. The molecule has 1 heterocycles. The molecule has 0 aliphatic heterocycles. The van der Waals surface area contributed by atoms with Crippen molar-refractivity contribution in [1.82, 2.24) is 10.3 Å². The highest BCUT2D eigenvalue weighted by Gasteiger charge is 2.21. The number of rotatable bonds is 5. The Bertz CT molecular complexity index is 611. The monoisotopic (exact) mass is 332 g/mol. The lowest BCUT2D eigenvalue weighted by molar-refractivity contribution is 0.468. The van der Waals surface area contributed by atoms with E-state index >= 15 is 0 Å². The van der Waals surface area contributed by atoms with Crippen LogP contribution in [-0.2, 0) is 6.54 Å². The minimum atomic E-state index is 0.674. The second kappa shape index (κ2) is 5.94. The van der Waals surface area contributed by atoms with Crippen LogP contribution in [-0.4, -0.2) is 11.0 Å². The van der Waals surface area contributed by atoms with Crippen LogP contribution in [0, 0.1) is 6.92 Å². The zero-order chi connectivity index (χ0) is 13.9. The average Bonchev–Trinajstić information content (AvgIpc) is 3.25. The lowest BCUT2D eigenvalue weighted by atomic mass is 10.2. The molecule has 0 radical (unpaired) electrons. The van der Waals surface area contributed by atoms with Crippen LogP contribution in [0.25, 0.3) is 0 Å². The first-order chi connectivity index (χ1) is 9.72. The number of pyridine rings is 1. The third kappa shape index (κ3) is 3.38. The summed E-state index contributed by atoms with van der Waals surface area (Å²) in [6.45, 7) is 2.78. The molecule has 0 amide bonds. The van der Waals surface area contributed by atoms with Crippen LogP contribution in [0.4, 0.5) is 0 Å². The molecule has 0 saturated heterocycles. The van der Waals surface area contributed by atoms with Gasteiger partial charge in [-0.2, -0.15) is 0 Å². The van der Waals surface area contributed by atoms with Gasteiger partial charge < -0.3 is 10.1 Å². The van der Waals surface area contributed by atoms with Crippen LogP contribution in [0.5, 0.6) is 11.5 Å². The molecule has 2 aromatic rings. The Hall–Kier alpha value is -1.39. The molecule has 1 saturated carbocycles. The first-order valence-electron chi connectivity index (χ1n) is 6.83. The van der Waals surface area contributed by atoms with Crippen molar-refractivity contribution in [3.8, 4) is 11.5 Å². The summed E-state index contributed by atoms with van der Waals surface area (Å²) in [6.07, 6.45) is 4.45. The lowest BCUT2D eigenvalue weighted by Gasteiger charge is -2.13. The molecule has 20 heavy (non-hydrogen) atoms. The number of aromatic nitrogens is 1. The van der Waals surface area contributed by atoms with Crippen molar-refractivity contribution in [2.24, 2.45) is 0 Å². The molecule has 1 aliphatic rings. The number of hydrogen-bond donors (Lipinski definition) is 1. The van der Waals surface area contributed by atoms with Gasteiger partial charge in [-0.3, -0.25) is 4.98 Å². The maximum Gasteiger partial charge on any atom is 0.141 e. The Morgan fingerprint density at radius 2 is 2.10 bits per heavy atom. The van der Waals surface area contributed by atoms with Crippen molar-refractivity contribution in [3.63, 3.8) is 0 Å². The molecule has 1 aliphatic carbocycles. The van der Waals surface area contributed by atoms with Crippen molar-refractivity contribution in [3.05, 3.63) is 52.3 Å². The van der Waals surface area contributed by atoms with E-state index in [0.29, 0.717) is 6.04 Å². The summed E-state index contributed by atoms with van der Waals surface area (Å²) in [5.41, 5.74) is 2.06. The number of nitrogens with zero attached hydrogens (tertiary/aromatic N) is 1. The van der Waals surface area contributed by atoms with Crippen LogP contribution in [0.3, 0.4) is 0 Å². The van der Waals surface area contributed by atoms with Crippen LogP contribution < -0.4 is 10.1 Å². The van der Waals surface area contributed by atoms with Crippen molar-refractivity contribution >= 4 is 15.9 Å². The molecule has 1 aromatic heterocycles. The van der Waals surface area contributed by atoms with E-state index in [1.807, 2.05) is 43.5 Å². The molecule has 1 aromatic carbocycles.